The maximum absolute atomic E-state index is 12.2. The summed E-state index contributed by atoms with van der Waals surface area (Å²) in [5.74, 6) is 1.32. The Morgan fingerprint density at radius 3 is 2.60 bits per heavy atom. The van der Waals surface area contributed by atoms with E-state index >= 15 is 0 Å². The summed E-state index contributed by atoms with van der Waals surface area (Å²) in [5, 5.41) is 2.92. The number of methoxy groups -OCH3 is 1. The monoisotopic (exact) mass is 341 g/mol. The van der Waals surface area contributed by atoms with E-state index in [-0.39, 0.29) is 12.0 Å². The molecule has 132 valence electrons. The van der Waals surface area contributed by atoms with Crippen LogP contribution in [0.25, 0.3) is 0 Å². The Hall–Kier alpha value is -2.53. The zero-order valence-corrected chi connectivity index (χ0v) is 14.4. The van der Waals surface area contributed by atoms with E-state index in [1.165, 1.54) is 0 Å². The first-order valence-corrected chi connectivity index (χ1v) is 8.51. The zero-order valence-electron chi connectivity index (χ0n) is 14.4. The standard InChI is InChI=1S/C20H23NO4/c1-23-18-6-2-3-7-19(18)25-14-15-8-10-16(11-9-15)20(22)21-13-17-5-4-12-24-17/h2-3,6-11,17H,4-5,12-14H2,1H3,(H,21,22)/t17-/m0/s1. The highest BCUT2D eigenvalue weighted by Gasteiger charge is 2.16. The molecule has 1 amide bonds. The quantitative estimate of drug-likeness (QED) is 0.840. The number of benzene rings is 2. The van der Waals surface area contributed by atoms with E-state index in [4.69, 9.17) is 14.2 Å². The molecule has 3 rings (SSSR count). The van der Waals surface area contributed by atoms with Crippen molar-refractivity contribution in [2.45, 2.75) is 25.6 Å². The number of carbonyl (C=O) groups excluding carboxylic acids is 1. The van der Waals surface area contributed by atoms with Crippen LogP contribution in [0, 0.1) is 0 Å². The third-order valence-corrected chi connectivity index (χ3v) is 4.19. The molecule has 5 nitrogen and oxygen atoms in total. The van der Waals surface area contributed by atoms with Crippen LogP contribution in [0.3, 0.4) is 0 Å². The molecule has 1 saturated heterocycles. The van der Waals surface area contributed by atoms with E-state index in [2.05, 4.69) is 5.32 Å². The summed E-state index contributed by atoms with van der Waals surface area (Å²) in [7, 11) is 1.62. The predicted molar refractivity (Wildman–Crippen MR) is 95.1 cm³/mol. The van der Waals surface area contributed by atoms with E-state index in [0.29, 0.717) is 30.2 Å². The molecule has 1 aliphatic heterocycles. The third-order valence-electron chi connectivity index (χ3n) is 4.19. The minimum atomic E-state index is -0.0762. The highest BCUT2D eigenvalue weighted by Crippen LogP contribution is 2.26. The number of nitrogens with one attached hydrogen (secondary N) is 1. The summed E-state index contributed by atoms with van der Waals surface area (Å²) in [5.41, 5.74) is 1.63. The molecule has 0 aromatic heterocycles. The lowest BCUT2D eigenvalue weighted by atomic mass is 10.1. The number of para-hydroxylation sites is 2. The third kappa shape index (κ3) is 4.73. The fraction of sp³-hybridized carbons (Fsp3) is 0.350. The number of rotatable bonds is 7. The van der Waals surface area contributed by atoms with E-state index in [1.54, 1.807) is 7.11 Å². The minimum absolute atomic E-state index is 0.0762. The second-order valence-corrected chi connectivity index (χ2v) is 5.98. The number of amides is 1. The first kappa shape index (κ1) is 17.3. The first-order valence-electron chi connectivity index (χ1n) is 8.51. The maximum Gasteiger partial charge on any atom is 0.251 e. The summed E-state index contributed by atoms with van der Waals surface area (Å²) in [4.78, 5) is 12.2. The average Bonchev–Trinajstić information content (AvgIpc) is 3.18. The lowest BCUT2D eigenvalue weighted by Gasteiger charge is -2.12. The van der Waals surface area contributed by atoms with Crippen LogP contribution in [0.5, 0.6) is 11.5 Å². The molecule has 1 N–H and O–H groups in total. The van der Waals surface area contributed by atoms with Crippen LogP contribution in [0.2, 0.25) is 0 Å². The Morgan fingerprint density at radius 1 is 1.16 bits per heavy atom. The van der Waals surface area contributed by atoms with Gasteiger partial charge in [-0.05, 0) is 42.7 Å². The van der Waals surface area contributed by atoms with Crippen LogP contribution in [-0.4, -0.2) is 32.3 Å². The molecule has 0 unspecified atom stereocenters. The van der Waals surface area contributed by atoms with E-state index in [9.17, 15) is 4.79 Å². The second kappa shape index (κ2) is 8.53. The molecule has 0 radical (unpaired) electrons. The SMILES string of the molecule is COc1ccccc1OCc1ccc(C(=O)NC[C@@H]2CCCO2)cc1. The predicted octanol–water partition coefficient (Wildman–Crippen LogP) is 3.18. The van der Waals surface area contributed by atoms with Gasteiger partial charge in [-0.1, -0.05) is 24.3 Å². The van der Waals surface area contributed by atoms with Gasteiger partial charge < -0.3 is 19.5 Å². The fourth-order valence-electron chi connectivity index (χ4n) is 2.77. The number of carbonyl (C=O) groups is 1. The van der Waals surface area contributed by atoms with Crippen LogP contribution in [0.4, 0.5) is 0 Å². The van der Waals surface area contributed by atoms with Gasteiger partial charge in [0, 0.05) is 18.7 Å². The Labute approximate surface area is 147 Å². The molecule has 2 aromatic carbocycles. The summed E-state index contributed by atoms with van der Waals surface area (Å²) >= 11 is 0. The molecular weight excluding hydrogens is 318 g/mol. The van der Waals surface area contributed by atoms with Gasteiger partial charge in [0.2, 0.25) is 0 Å². The second-order valence-electron chi connectivity index (χ2n) is 5.98. The zero-order chi connectivity index (χ0) is 17.5. The Morgan fingerprint density at radius 2 is 1.92 bits per heavy atom. The van der Waals surface area contributed by atoms with Crippen molar-refractivity contribution in [3.63, 3.8) is 0 Å². The lowest BCUT2D eigenvalue weighted by molar-refractivity contribution is 0.0857. The molecule has 25 heavy (non-hydrogen) atoms. The average molecular weight is 341 g/mol. The van der Waals surface area contributed by atoms with Crippen LogP contribution in [0.1, 0.15) is 28.8 Å². The highest BCUT2D eigenvalue weighted by atomic mass is 16.5. The molecule has 5 heteroatoms. The molecule has 0 aliphatic carbocycles. The van der Waals surface area contributed by atoms with E-state index in [0.717, 1.165) is 25.0 Å². The minimum Gasteiger partial charge on any atom is -0.493 e. The first-order chi connectivity index (χ1) is 12.3. The molecular formula is C20H23NO4. The van der Waals surface area contributed by atoms with Crippen molar-refractivity contribution < 1.29 is 19.0 Å². The van der Waals surface area contributed by atoms with Crippen LogP contribution >= 0.6 is 0 Å². The number of hydrogen-bond acceptors (Lipinski definition) is 4. The topological polar surface area (TPSA) is 56.8 Å². The van der Waals surface area contributed by atoms with E-state index < -0.39 is 0 Å². The Balaban J connectivity index is 1.52. The van der Waals surface area contributed by atoms with Crippen molar-refractivity contribution in [2.24, 2.45) is 0 Å². The van der Waals surface area contributed by atoms with Crippen LogP contribution in [-0.2, 0) is 11.3 Å². The largest absolute Gasteiger partial charge is 0.493 e. The van der Waals surface area contributed by atoms with Crippen molar-refractivity contribution in [1.29, 1.82) is 0 Å². The fourth-order valence-corrected chi connectivity index (χ4v) is 2.77. The van der Waals surface area contributed by atoms with Crippen molar-refractivity contribution in [3.05, 3.63) is 59.7 Å². The van der Waals surface area contributed by atoms with Gasteiger partial charge in [-0.15, -0.1) is 0 Å². The molecule has 2 aromatic rings. The molecule has 1 aliphatic rings. The normalized spacial score (nSPS) is 16.4. The van der Waals surface area contributed by atoms with Crippen LogP contribution in [0.15, 0.2) is 48.5 Å². The van der Waals surface area contributed by atoms with Gasteiger partial charge in [-0.3, -0.25) is 4.79 Å². The van der Waals surface area contributed by atoms with Gasteiger partial charge in [0.1, 0.15) is 6.61 Å². The molecule has 0 bridgehead atoms. The van der Waals surface area contributed by atoms with Crippen LogP contribution < -0.4 is 14.8 Å². The summed E-state index contributed by atoms with van der Waals surface area (Å²) in [6.07, 6.45) is 2.23. The molecule has 0 saturated carbocycles. The van der Waals surface area contributed by atoms with Gasteiger partial charge in [-0.2, -0.15) is 0 Å². The van der Waals surface area contributed by atoms with Crippen molar-refractivity contribution >= 4 is 5.91 Å². The molecule has 1 heterocycles. The maximum atomic E-state index is 12.2. The van der Waals surface area contributed by atoms with Crippen molar-refractivity contribution in [1.82, 2.24) is 5.32 Å². The van der Waals surface area contributed by atoms with Gasteiger partial charge >= 0.3 is 0 Å². The molecule has 1 fully saturated rings. The van der Waals surface area contributed by atoms with E-state index in [1.807, 2.05) is 48.5 Å². The van der Waals surface area contributed by atoms with Gasteiger partial charge in [-0.25, -0.2) is 0 Å². The Kier molecular flexibility index (Phi) is 5.90. The summed E-state index contributed by atoms with van der Waals surface area (Å²) in [6.45, 7) is 1.77. The van der Waals surface area contributed by atoms with Gasteiger partial charge in [0.25, 0.3) is 5.91 Å². The van der Waals surface area contributed by atoms with Crippen molar-refractivity contribution in [3.8, 4) is 11.5 Å². The number of hydrogen-bond donors (Lipinski definition) is 1. The Bertz CT molecular complexity index is 693. The van der Waals surface area contributed by atoms with Crippen molar-refractivity contribution in [2.75, 3.05) is 20.3 Å². The summed E-state index contributed by atoms with van der Waals surface area (Å²) < 4.78 is 16.6. The highest BCUT2D eigenvalue weighted by molar-refractivity contribution is 5.94. The lowest BCUT2D eigenvalue weighted by Crippen LogP contribution is -2.31. The molecule has 0 spiro atoms. The smallest absolute Gasteiger partial charge is 0.251 e. The van der Waals surface area contributed by atoms with Gasteiger partial charge in [0.15, 0.2) is 11.5 Å². The number of ether oxygens (including phenoxy) is 3. The van der Waals surface area contributed by atoms with Gasteiger partial charge in [0.05, 0.1) is 13.2 Å². The molecule has 1 atom stereocenters. The summed E-state index contributed by atoms with van der Waals surface area (Å²) in [6, 6.07) is 14.9.